The Hall–Kier alpha value is -4.41. The molecule has 0 spiro atoms. The molecule has 0 N–H and O–H groups in total. The minimum atomic E-state index is -0.774. The van der Waals surface area contributed by atoms with Crippen LogP contribution in [-0.2, 0) is 0 Å². The zero-order valence-electron chi connectivity index (χ0n) is 18.3. The number of hydrogen-bond acceptors (Lipinski definition) is 1. The summed E-state index contributed by atoms with van der Waals surface area (Å²) in [5.41, 5.74) is 1.88. The second kappa shape index (κ2) is 10.5. The molecular weight excluding hydrogens is 433 g/mol. The molecule has 4 heteroatoms. The molecule has 34 heavy (non-hydrogen) atoms. The van der Waals surface area contributed by atoms with Crippen molar-refractivity contribution < 1.29 is 17.9 Å². The van der Waals surface area contributed by atoms with E-state index < -0.39 is 11.6 Å². The Bertz CT molecular complexity index is 1470. The van der Waals surface area contributed by atoms with Crippen LogP contribution in [0.3, 0.4) is 0 Å². The quantitative estimate of drug-likeness (QED) is 0.240. The fraction of sp³-hybridized carbons (Fsp3) is 0.0667. The van der Waals surface area contributed by atoms with E-state index in [4.69, 9.17) is 4.74 Å². The molecule has 0 amide bonds. The molecule has 0 fully saturated rings. The van der Waals surface area contributed by atoms with Crippen LogP contribution in [0.25, 0.3) is 10.8 Å². The van der Waals surface area contributed by atoms with Crippen LogP contribution in [0.5, 0.6) is 5.75 Å². The van der Waals surface area contributed by atoms with E-state index in [1.165, 1.54) is 12.1 Å². The molecule has 0 bridgehead atoms. The van der Waals surface area contributed by atoms with Gasteiger partial charge in [-0.1, -0.05) is 48.0 Å². The summed E-state index contributed by atoms with van der Waals surface area (Å²) in [5, 5.41) is 1.73. The first-order valence-electron chi connectivity index (χ1n) is 10.6. The third-order valence-electron chi connectivity index (χ3n) is 4.97. The van der Waals surface area contributed by atoms with E-state index in [2.05, 4.69) is 23.7 Å². The Balaban J connectivity index is 1.48. The maximum absolute atomic E-state index is 14.3. The van der Waals surface area contributed by atoms with Gasteiger partial charge >= 0.3 is 0 Å². The molecule has 0 aromatic heterocycles. The Kier molecular flexibility index (Phi) is 7.01. The summed E-state index contributed by atoms with van der Waals surface area (Å²) in [6.45, 7) is 2.06. The van der Waals surface area contributed by atoms with Crippen LogP contribution in [0, 0.1) is 41.1 Å². The van der Waals surface area contributed by atoms with Gasteiger partial charge in [-0.05, 0) is 66.2 Å². The van der Waals surface area contributed by atoms with Gasteiger partial charge in [-0.25, -0.2) is 13.2 Å². The number of ether oxygens (including phenoxy) is 1. The van der Waals surface area contributed by atoms with Crippen LogP contribution in [0.4, 0.5) is 13.2 Å². The lowest BCUT2D eigenvalue weighted by Gasteiger charge is -2.05. The molecule has 166 valence electrons. The number of benzene rings is 4. The normalized spacial score (nSPS) is 10.5. The second-order valence-corrected chi connectivity index (χ2v) is 7.43. The van der Waals surface area contributed by atoms with Crippen molar-refractivity contribution in [3.05, 3.63) is 125 Å². The van der Waals surface area contributed by atoms with Gasteiger partial charge in [-0.2, -0.15) is 0 Å². The van der Waals surface area contributed by atoms with Crippen LogP contribution in [0.2, 0.25) is 0 Å². The number of fused-ring (bicyclic) bond motifs is 1. The molecule has 4 rings (SSSR count). The third kappa shape index (κ3) is 5.68. The van der Waals surface area contributed by atoms with E-state index in [-0.39, 0.29) is 23.7 Å². The third-order valence-corrected chi connectivity index (χ3v) is 4.97. The summed E-state index contributed by atoms with van der Waals surface area (Å²) < 4.78 is 47.2. The van der Waals surface area contributed by atoms with Crippen LogP contribution < -0.4 is 4.74 Å². The highest BCUT2D eigenvalue weighted by Gasteiger charge is 2.10. The molecule has 0 atom stereocenters. The lowest BCUT2D eigenvalue weighted by Crippen LogP contribution is -1.97. The molecule has 0 heterocycles. The van der Waals surface area contributed by atoms with Crippen LogP contribution >= 0.6 is 0 Å². The van der Waals surface area contributed by atoms with Gasteiger partial charge in [0, 0.05) is 28.8 Å². The summed E-state index contributed by atoms with van der Waals surface area (Å²) in [7, 11) is 0. The van der Waals surface area contributed by atoms with Crippen LogP contribution in [0.1, 0.15) is 29.2 Å². The highest BCUT2D eigenvalue weighted by Crippen LogP contribution is 2.20. The van der Waals surface area contributed by atoms with Crippen LogP contribution in [-0.4, -0.2) is 6.61 Å². The Morgan fingerprint density at radius 1 is 0.676 bits per heavy atom. The lowest BCUT2D eigenvalue weighted by molar-refractivity contribution is 0.357. The number of rotatable bonds is 3. The summed E-state index contributed by atoms with van der Waals surface area (Å²) in [5.74, 6) is 9.79. The van der Waals surface area contributed by atoms with Gasteiger partial charge in [0.05, 0.1) is 5.56 Å². The number of halogens is 3. The molecule has 0 aliphatic carbocycles. The lowest BCUT2D eigenvalue weighted by atomic mass is 10.1. The largest absolute Gasteiger partial charge is 0.489 e. The van der Waals surface area contributed by atoms with Gasteiger partial charge in [-0.3, -0.25) is 0 Å². The smallest absolute Gasteiger partial charge is 0.145 e. The van der Waals surface area contributed by atoms with Crippen molar-refractivity contribution in [3.8, 4) is 29.4 Å². The highest BCUT2D eigenvalue weighted by molar-refractivity contribution is 5.84. The Morgan fingerprint density at radius 3 is 1.91 bits per heavy atom. The van der Waals surface area contributed by atoms with E-state index in [1.807, 2.05) is 25.1 Å². The summed E-state index contributed by atoms with van der Waals surface area (Å²) in [6.07, 6.45) is 3.53. The predicted molar refractivity (Wildman–Crippen MR) is 129 cm³/mol. The minimum Gasteiger partial charge on any atom is -0.489 e. The van der Waals surface area contributed by atoms with Crippen LogP contribution in [0.15, 0.2) is 84.9 Å². The van der Waals surface area contributed by atoms with Gasteiger partial charge in [0.15, 0.2) is 0 Å². The molecule has 0 aliphatic rings. The summed E-state index contributed by atoms with van der Waals surface area (Å²) in [6, 6.07) is 19.5. The molecule has 0 saturated heterocycles. The number of allylic oxidation sites excluding steroid dienone is 1. The van der Waals surface area contributed by atoms with E-state index in [9.17, 15) is 13.2 Å². The predicted octanol–water partition coefficient (Wildman–Crippen LogP) is 7.01. The first-order valence-corrected chi connectivity index (χ1v) is 10.6. The SMILES string of the molecule is C/C=C/COc1cc(F)c(C#Cc2ccc(C#Cc3ccc4cc(F)ccc4c3)cc2)c(F)c1. The standard InChI is InChI=1S/C30H19F3O/c1-2-3-16-34-27-19-29(32)28(30(33)20-27)15-11-22-6-4-21(5-7-22)8-9-23-10-12-25-18-26(31)14-13-24(25)17-23/h2-7,10,12-14,17-20H,16H2,1H3/b3-2+. The van der Waals surface area contributed by atoms with Gasteiger partial charge in [-0.15, -0.1) is 0 Å². The first kappa shape index (κ1) is 22.8. The van der Waals surface area contributed by atoms with E-state index >= 15 is 0 Å². The fourth-order valence-corrected chi connectivity index (χ4v) is 3.20. The molecule has 0 unspecified atom stereocenters. The molecule has 4 aromatic carbocycles. The Morgan fingerprint density at radius 2 is 1.24 bits per heavy atom. The first-order chi connectivity index (χ1) is 16.5. The monoisotopic (exact) mass is 452 g/mol. The van der Waals surface area contributed by atoms with E-state index in [1.54, 1.807) is 42.5 Å². The average Bonchev–Trinajstić information content (AvgIpc) is 2.83. The minimum absolute atomic E-state index is 0.111. The average molecular weight is 452 g/mol. The van der Waals surface area contributed by atoms with Crippen molar-refractivity contribution in [1.82, 2.24) is 0 Å². The van der Waals surface area contributed by atoms with Crippen molar-refractivity contribution >= 4 is 10.8 Å². The molecule has 0 aliphatic heterocycles. The zero-order chi connectivity index (χ0) is 23.9. The van der Waals surface area contributed by atoms with Crippen molar-refractivity contribution in [2.75, 3.05) is 6.61 Å². The van der Waals surface area contributed by atoms with Crippen molar-refractivity contribution in [3.63, 3.8) is 0 Å². The fourth-order valence-electron chi connectivity index (χ4n) is 3.20. The number of hydrogen-bond donors (Lipinski definition) is 0. The van der Waals surface area contributed by atoms with Gasteiger partial charge in [0.2, 0.25) is 0 Å². The molecule has 0 radical (unpaired) electrons. The van der Waals surface area contributed by atoms with E-state index in [0.717, 1.165) is 34.0 Å². The van der Waals surface area contributed by atoms with E-state index in [0.29, 0.717) is 5.56 Å². The molecule has 0 saturated carbocycles. The van der Waals surface area contributed by atoms with Gasteiger partial charge in [0.1, 0.15) is 29.8 Å². The molecule has 4 aromatic rings. The zero-order valence-corrected chi connectivity index (χ0v) is 18.3. The van der Waals surface area contributed by atoms with Crippen molar-refractivity contribution in [2.45, 2.75) is 6.92 Å². The Labute approximate surface area is 196 Å². The van der Waals surface area contributed by atoms with Crippen molar-refractivity contribution in [1.29, 1.82) is 0 Å². The van der Waals surface area contributed by atoms with Gasteiger partial charge < -0.3 is 4.74 Å². The van der Waals surface area contributed by atoms with Gasteiger partial charge in [0.25, 0.3) is 0 Å². The second-order valence-electron chi connectivity index (χ2n) is 7.43. The highest BCUT2D eigenvalue weighted by atomic mass is 19.1. The molecular formula is C30H19F3O. The summed E-state index contributed by atoms with van der Waals surface area (Å²) in [4.78, 5) is 0. The maximum Gasteiger partial charge on any atom is 0.145 e. The maximum atomic E-state index is 14.3. The topological polar surface area (TPSA) is 9.23 Å². The summed E-state index contributed by atoms with van der Waals surface area (Å²) >= 11 is 0. The molecule has 1 nitrogen and oxygen atoms in total. The van der Waals surface area contributed by atoms with Crippen molar-refractivity contribution in [2.24, 2.45) is 0 Å².